The molecule has 0 radical (unpaired) electrons. The lowest BCUT2D eigenvalue weighted by atomic mass is 10.1. The Labute approximate surface area is 136 Å². The smallest absolute Gasteiger partial charge is 0.326 e. The van der Waals surface area contributed by atoms with Crippen LogP contribution in [0.4, 0.5) is 4.39 Å². The molecule has 0 aliphatic heterocycles. The van der Waals surface area contributed by atoms with E-state index in [-0.39, 0.29) is 31.9 Å². The highest BCUT2D eigenvalue weighted by molar-refractivity contribution is 6.25. The molecule has 0 saturated carbocycles. The molecule has 0 spiro atoms. The number of Topliss-reactive ketones (excluding diaryl/α,β-unsaturated/α-hetero) is 1. The highest BCUT2D eigenvalue weighted by atomic mass is 19.1. The van der Waals surface area contributed by atoms with Crippen LogP contribution in [0.15, 0.2) is 24.3 Å². The van der Waals surface area contributed by atoms with Gasteiger partial charge in [0, 0.05) is 6.42 Å². The first-order valence-corrected chi connectivity index (χ1v) is 6.97. The van der Waals surface area contributed by atoms with Crippen LogP contribution in [-0.4, -0.2) is 46.4 Å². The van der Waals surface area contributed by atoms with Gasteiger partial charge < -0.3 is 20.7 Å². The summed E-state index contributed by atoms with van der Waals surface area (Å²) < 4.78 is 17.8. The minimum Gasteiger partial charge on any atom is -0.480 e. The molecule has 128 valence electrons. The van der Waals surface area contributed by atoms with E-state index < -0.39 is 23.7 Å². The summed E-state index contributed by atoms with van der Waals surface area (Å²) in [6.45, 7) is -0.315. The highest BCUT2D eigenvalue weighted by Gasteiger charge is 2.21. The summed E-state index contributed by atoms with van der Waals surface area (Å²) in [4.78, 5) is 36.4. The SMILES string of the molecule is [N-]=[N+]=CC(=O)CC[C@H](NC(=O)COCc1ccc(F)cc1)C(=O)O. The number of carbonyl (C=O) groups excluding carboxylic acids is 2. The molecular formula is C15H16FN3O5. The van der Waals surface area contributed by atoms with Gasteiger partial charge in [-0.15, -0.1) is 0 Å². The van der Waals surface area contributed by atoms with Gasteiger partial charge in [-0.1, -0.05) is 12.1 Å². The van der Waals surface area contributed by atoms with Crippen LogP contribution in [0.25, 0.3) is 5.53 Å². The molecule has 0 aromatic heterocycles. The van der Waals surface area contributed by atoms with Crippen LogP contribution in [0, 0.1) is 5.82 Å². The van der Waals surface area contributed by atoms with Crippen LogP contribution in [-0.2, 0) is 25.7 Å². The zero-order chi connectivity index (χ0) is 17.9. The molecule has 1 aromatic carbocycles. The number of nitrogens with zero attached hydrogens (tertiary/aromatic N) is 2. The molecule has 0 saturated heterocycles. The lowest BCUT2D eigenvalue weighted by molar-refractivity contribution is -0.143. The van der Waals surface area contributed by atoms with Crippen molar-refractivity contribution in [2.45, 2.75) is 25.5 Å². The molecular weight excluding hydrogens is 321 g/mol. The highest BCUT2D eigenvalue weighted by Crippen LogP contribution is 2.04. The van der Waals surface area contributed by atoms with Crippen molar-refractivity contribution in [3.8, 4) is 0 Å². The normalized spacial score (nSPS) is 11.2. The maximum Gasteiger partial charge on any atom is 0.326 e. The van der Waals surface area contributed by atoms with Crippen molar-refractivity contribution in [2.24, 2.45) is 0 Å². The summed E-state index contributed by atoms with van der Waals surface area (Å²) in [7, 11) is 0. The standard InChI is InChI=1S/C15H16FN3O5/c16-11-3-1-10(2-4-11)8-24-9-14(21)19-13(15(22)23)6-5-12(20)7-18-17/h1-4,7,13H,5-6,8-9H2,(H,19,21)(H,22,23)/t13-/m0/s1. The molecule has 0 fully saturated rings. The molecule has 0 aliphatic carbocycles. The Hall–Kier alpha value is -2.90. The van der Waals surface area contributed by atoms with Crippen LogP contribution >= 0.6 is 0 Å². The van der Waals surface area contributed by atoms with E-state index in [0.717, 1.165) is 0 Å². The number of nitrogens with one attached hydrogen (secondary N) is 1. The Balaban J connectivity index is 2.39. The largest absolute Gasteiger partial charge is 0.480 e. The number of carbonyl (C=O) groups is 3. The minimum atomic E-state index is -1.30. The van der Waals surface area contributed by atoms with E-state index in [9.17, 15) is 18.8 Å². The average Bonchev–Trinajstić information content (AvgIpc) is 2.53. The molecule has 1 atom stereocenters. The molecule has 1 amide bonds. The molecule has 0 heterocycles. The van der Waals surface area contributed by atoms with Crippen molar-refractivity contribution in [3.05, 3.63) is 41.2 Å². The molecule has 0 unspecified atom stereocenters. The zero-order valence-electron chi connectivity index (χ0n) is 12.6. The van der Waals surface area contributed by atoms with E-state index in [0.29, 0.717) is 11.8 Å². The van der Waals surface area contributed by atoms with E-state index in [1.165, 1.54) is 24.3 Å². The number of ether oxygens (including phenoxy) is 1. The second-order valence-corrected chi connectivity index (χ2v) is 4.83. The fraction of sp³-hybridized carbons (Fsp3) is 0.333. The first-order chi connectivity index (χ1) is 11.4. The van der Waals surface area contributed by atoms with Crippen molar-refractivity contribution in [1.82, 2.24) is 5.32 Å². The summed E-state index contributed by atoms with van der Waals surface area (Å²) in [5.41, 5.74) is 8.85. The van der Waals surface area contributed by atoms with Crippen LogP contribution in [0.3, 0.4) is 0 Å². The maximum absolute atomic E-state index is 12.7. The van der Waals surface area contributed by atoms with Gasteiger partial charge in [0.25, 0.3) is 0 Å². The number of hydrogen-bond donors (Lipinski definition) is 2. The van der Waals surface area contributed by atoms with Gasteiger partial charge in [0.05, 0.1) is 6.61 Å². The van der Waals surface area contributed by atoms with Crippen molar-refractivity contribution in [2.75, 3.05) is 6.61 Å². The summed E-state index contributed by atoms with van der Waals surface area (Å²) in [5.74, 6) is -2.91. The second-order valence-electron chi connectivity index (χ2n) is 4.83. The minimum absolute atomic E-state index is 0.0664. The second kappa shape index (κ2) is 9.98. The molecule has 8 nitrogen and oxygen atoms in total. The van der Waals surface area contributed by atoms with E-state index in [1.807, 2.05) is 0 Å². The van der Waals surface area contributed by atoms with Gasteiger partial charge in [0.1, 0.15) is 18.5 Å². The van der Waals surface area contributed by atoms with Gasteiger partial charge >= 0.3 is 12.2 Å². The van der Waals surface area contributed by atoms with Gasteiger partial charge in [-0.05, 0) is 24.1 Å². The van der Waals surface area contributed by atoms with Crippen molar-refractivity contribution in [3.63, 3.8) is 0 Å². The summed E-state index contributed by atoms with van der Waals surface area (Å²) in [5, 5.41) is 11.2. The summed E-state index contributed by atoms with van der Waals surface area (Å²) in [6.07, 6.45) is 0.314. The van der Waals surface area contributed by atoms with Crippen LogP contribution in [0.5, 0.6) is 0 Å². The van der Waals surface area contributed by atoms with E-state index in [4.69, 9.17) is 15.4 Å². The number of aliphatic carboxylic acids is 1. The molecule has 1 rings (SSSR count). The number of hydrogen-bond acceptors (Lipinski definition) is 4. The van der Waals surface area contributed by atoms with Gasteiger partial charge in [0.2, 0.25) is 11.7 Å². The van der Waals surface area contributed by atoms with Crippen LogP contribution in [0.1, 0.15) is 18.4 Å². The molecule has 1 aromatic rings. The van der Waals surface area contributed by atoms with E-state index in [2.05, 4.69) is 10.1 Å². The monoisotopic (exact) mass is 337 g/mol. The molecule has 2 N–H and O–H groups in total. The fourth-order valence-corrected chi connectivity index (χ4v) is 1.75. The predicted octanol–water partition coefficient (Wildman–Crippen LogP) is 0.562. The Morgan fingerprint density at radius 1 is 1.33 bits per heavy atom. The van der Waals surface area contributed by atoms with E-state index >= 15 is 0 Å². The fourth-order valence-electron chi connectivity index (χ4n) is 1.75. The molecule has 0 aliphatic rings. The van der Waals surface area contributed by atoms with Crippen LogP contribution in [0.2, 0.25) is 0 Å². The Morgan fingerprint density at radius 2 is 2.00 bits per heavy atom. The molecule has 9 heteroatoms. The molecule has 24 heavy (non-hydrogen) atoms. The van der Waals surface area contributed by atoms with Gasteiger partial charge in [-0.25, -0.2) is 9.18 Å². The number of carboxylic acids is 1. The quantitative estimate of drug-likeness (QED) is 0.366. The third-order valence-corrected chi connectivity index (χ3v) is 2.93. The van der Waals surface area contributed by atoms with Crippen molar-refractivity contribution in [1.29, 1.82) is 0 Å². The van der Waals surface area contributed by atoms with Gasteiger partial charge in [-0.3, -0.25) is 9.59 Å². The average molecular weight is 337 g/mol. The number of carboxylic acid groups (broad SMARTS) is 1. The topological polar surface area (TPSA) is 129 Å². The first kappa shape index (κ1) is 19.1. The number of amides is 1. The summed E-state index contributed by atoms with van der Waals surface area (Å²) in [6, 6.07) is 4.25. The summed E-state index contributed by atoms with van der Waals surface area (Å²) >= 11 is 0. The third-order valence-electron chi connectivity index (χ3n) is 2.93. The van der Waals surface area contributed by atoms with Crippen molar-refractivity contribution < 1.29 is 33.4 Å². The number of benzene rings is 1. The van der Waals surface area contributed by atoms with E-state index in [1.54, 1.807) is 0 Å². The van der Waals surface area contributed by atoms with Crippen LogP contribution < -0.4 is 5.32 Å². The Morgan fingerprint density at radius 3 is 2.58 bits per heavy atom. The number of rotatable bonds is 10. The zero-order valence-corrected chi connectivity index (χ0v) is 12.6. The maximum atomic E-state index is 12.7. The lowest BCUT2D eigenvalue weighted by Crippen LogP contribution is -2.42. The number of halogens is 1. The Bertz CT molecular complexity index is 641. The number of ketones is 1. The van der Waals surface area contributed by atoms with Gasteiger partial charge in [-0.2, -0.15) is 4.79 Å². The van der Waals surface area contributed by atoms with Crippen molar-refractivity contribution >= 4 is 23.9 Å². The molecule has 0 bridgehead atoms. The third kappa shape index (κ3) is 7.39. The Kier molecular flexibility index (Phi) is 7.97. The van der Waals surface area contributed by atoms with Gasteiger partial charge in [0.15, 0.2) is 0 Å². The lowest BCUT2D eigenvalue weighted by Gasteiger charge is -2.13. The predicted molar refractivity (Wildman–Crippen MR) is 79.5 cm³/mol. The first-order valence-electron chi connectivity index (χ1n) is 6.97.